The lowest BCUT2D eigenvalue weighted by Crippen LogP contribution is -2.49. The number of hydrogen-bond acceptors (Lipinski definition) is 3. The molecular weight excluding hydrogens is 381 g/mol. The molecule has 0 radical (unpaired) electrons. The fraction of sp³-hybridized carbons (Fsp3) is 0.292. The molecule has 2 bridgehead atoms. The maximum atomic E-state index is 14.0. The van der Waals surface area contributed by atoms with E-state index in [4.69, 9.17) is 0 Å². The number of halogens is 1. The van der Waals surface area contributed by atoms with Crippen LogP contribution in [0.2, 0.25) is 0 Å². The number of pyridine rings is 2. The Bertz CT molecular complexity index is 1160. The van der Waals surface area contributed by atoms with Crippen LogP contribution in [0.5, 0.6) is 0 Å². The van der Waals surface area contributed by atoms with Gasteiger partial charge in [-0.3, -0.25) is 14.6 Å². The molecule has 0 aliphatic carbocycles. The van der Waals surface area contributed by atoms with E-state index < -0.39 is 0 Å². The van der Waals surface area contributed by atoms with E-state index in [2.05, 4.69) is 11.1 Å². The molecule has 1 aromatic carbocycles. The fourth-order valence-corrected chi connectivity index (χ4v) is 4.78. The third kappa shape index (κ3) is 3.43. The largest absolute Gasteiger partial charge is 0.341 e. The minimum atomic E-state index is -0.346. The Morgan fingerprint density at radius 3 is 2.73 bits per heavy atom. The summed E-state index contributed by atoms with van der Waals surface area (Å²) in [6.07, 6.45) is 4.48. The Balaban J connectivity index is 1.42. The van der Waals surface area contributed by atoms with Crippen LogP contribution in [0.25, 0.3) is 11.1 Å². The van der Waals surface area contributed by atoms with Crippen LogP contribution in [0.4, 0.5) is 4.39 Å². The number of fused-ring (bicyclic) bond motifs is 4. The molecule has 0 spiro atoms. The van der Waals surface area contributed by atoms with E-state index in [1.54, 1.807) is 36.7 Å². The monoisotopic (exact) mass is 403 g/mol. The molecule has 152 valence electrons. The van der Waals surface area contributed by atoms with Gasteiger partial charge in [-0.15, -0.1) is 0 Å². The van der Waals surface area contributed by atoms with Crippen molar-refractivity contribution in [2.75, 3.05) is 13.1 Å². The normalized spacial score (nSPS) is 20.0. The fourth-order valence-electron chi connectivity index (χ4n) is 4.78. The van der Waals surface area contributed by atoms with Crippen molar-refractivity contribution in [2.45, 2.75) is 25.3 Å². The molecule has 2 aliphatic heterocycles. The topological polar surface area (TPSA) is 55.2 Å². The van der Waals surface area contributed by atoms with Crippen LogP contribution in [0.1, 0.15) is 23.6 Å². The molecule has 30 heavy (non-hydrogen) atoms. The minimum Gasteiger partial charge on any atom is -0.341 e. The molecule has 1 saturated heterocycles. The Morgan fingerprint density at radius 2 is 1.93 bits per heavy atom. The molecule has 1 fully saturated rings. The van der Waals surface area contributed by atoms with Gasteiger partial charge in [0.25, 0.3) is 5.56 Å². The van der Waals surface area contributed by atoms with Crippen molar-refractivity contribution in [2.24, 2.45) is 5.92 Å². The second-order valence-electron chi connectivity index (χ2n) is 8.22. The predicted molar refractivity (Wildman–Crippen MR) is 111 cm³/mol. The van der Waals surface area contributed by atoms with Gasteiger partial charge in [-0.2, -0.15) is 0 Å². The molecule has 3 aromatic rings. The van der Waals surface area contributed by atoms with Gasteiger partial charge >= 0.3 is 0 Å². The molecule has 0 saturated carbocycles. The first-order valence-corrected chi connectivity index (χ1v) is 10.2. The number of likely N-dealkylation sites (tertiary alicyclic amines) is 1. The van der Waals surface area contributed by atoms with Gasteiger partial charge in [-0.05, 0) is 41.7 Å². The zero-order valence-corrected chi connectivity index (χ0v) is 16.5. The smallest absolute Gasteiger partial charge is 0.251 e. The zero-order chi connectivity index (χ0) is 20.7. The van der Waals surface area contributed by atoms with Gasteiger partial charge in [0.05, 0.1) is 6.42 Å². The van der Waals surface area contributed by atoms with Crippen molar-refractivity contribution in [1.29, 1.82) is 0 Å². The molecule has 1 amide bonds. The molecule has 2 atom stereocenters. The molecule has 4 heterocycles. The Morgan fingerprint density at radius 1 is 1.07 bits per heavy atom. The van der Waals surface area contributed by atoms with Crippen molar-refractivity contribution < 1.29 is 9.18 Å². The highest BCUT2D eigenvalue weighted by Crippen LogP contribution is 2.36. The second kappa shape index (κ2) is 7.52. The molecule has 0 unspecified atom stereocenters. The summed E-state index contributed by atoms with van der Waals surface area (Å²) in [5.41, 5.74) is 3.15. The molecule has 2 aromatic heterocycles. The lowest BCUT2D eigenvalue weighted by molar-refractivity contribution is -0.133. The Labute approximate surface area is 173 Å². The highest BCUT2D eigenvalue weighted by atomic mass is 19.1. The SMILES string of the molecule is O=C(Cc1ccccc1F)N1C[C@@H]2C[C@H](C1)c1cc(-c3cccnc3)cc(=O)n1C2. The van der Waals surface area contributed by atoms with Crippen molar-refractivity contribution in [3.63, 3.8) is 0 Å². The lowest BCUT2D eigenvalue weighted by Gasteiger charge is -2.43. The minimum absolute atomic E-state index is 0.00723. The first-order valence-electron chi connectivity index (χ1n) is 10.2. The standard InChI is InChI=1S/C24H22FN3O2/c25-21-6-2-1-4-17(21)10-23(29)27-13-16-8-20(15-27)22-9-19(11-24(30)28(22)14-16)18-5-3-7-26-12-18/h1-7,9,11-12,16,20H,8,10,13-15H2/t16-,20+/m0/s1. The summed E-state index contributed by atoms with van der Waals surface area (Å²) in [5, 5.41) is 0. The average molecular weight is 403 g/mol. The van der Waals surface area contributed by atoms with E-state index >= 15 is 0 Å². The van der Waals surface area contributed by atoms with Gasteiger partial charge in [0, 0.05) is 55.3 Å². The van der Waals surface area contributed by atoms with Crippen molar-refractivity contribution in [3.8, 4) is 11.1 Å². The first-order chi connectivity index (χ1) is 14.6. The summed E-state index contributed by atoms with van der Waals surface area (Å²) < 4.78 is 15.8. The average Bonchev–Trinajstić information content (AvgIpc) is 2.76. The lowest BCUT2D eigenvalue weighted by atomic mass is 9.82. The van der Waals surface area contributed by atoms with Crippen molar-refractivity contribution in [1.82, 2.24) is 14.5 Å². The van der Waals surface area contributed by atoms with Crippen LogP contribution in [-0.4, -0.2) is 33.4 Å². The van der Waals surface area contributed by atoms with Crippen LogP contribution in [-0.2, 0) is 17.8 Å². The number of amides is 1. The van der Waals surface area contributed by atoms with Crippen molar-refractivity contribution in [3.05, 3.63) is 88.4 Å². The van der Waals surface area contributed by atoms with Gasteiger partial charge in [0.15, 0.2) is 0 Å². The number of carbonyl (C=O) groups is 1. The summed E-state index contributed by atoms with van der Waals surface area (Å²) in [4.78, 5) is 31.7. The summed E-state index contributed by atoms with van der Waals surface area (Å²) in [6.45, 7) is 1.78. The molecule has 2 aliphatic rings. The van der Waals surface area contributed by atoms with Crippen molar-refractivity contribution >= 4 is 5.91 Å². The summed E-state index contributed by atoms with van der Waals surface area (Å²) in [6, 6.07) is 13.9. The predicted octanol–water partition coefficient (Wildman–Crippen LogP) is 3.24. The van der Waals surface area contributed by atoms with Gasteiger partial charge in [0.1, 0.15) is 5.82 Å². The Kier molecular flexibility index (Phi) is 4.69. The van der Waals surface area contributed by atoms with Crippen LogP contribution >= 0.6 is 0 Å². The molecule has 0 N–H and O–H groups in total. The quantitative estimate of drug-likeness (QED) is 0.675. The van der Waals surface area contributed by atoms with Crippen LogP contribution < -0.4 is 5.56 Å². The first kappa shape index (κ1) is 18.7. The van der Waals surface area contributed by atoms with Gasteiger partial charge < -0.3 is 9.47 Å². The number of benzene rings is 1. The molecular formula is C24H22FN3O2. The second-order valence-corrected chi connectivity index (χ2v) is 8.22. The van der Waals surface area contributed by atoms with E-state index in [1.165, 1.54) is 6.07 Å². The van der Waals surface area contributed by atoms with Crippen LogP contribution in [0.3, 0.4) is 0 Å². The third-order valence-corrected chi connectivity index (χ3v) is 6.20. The maximum absolute atomic E-state index is 14.0. The number of carbonyl (C=O) groups excluding carboxylic acids is 1. The number of nitrogens with zero attached hydrogens (tertiary/aromatic N) is 3. The summed E-state index contributed by atoms with van der Waals surface area (Å²) >= 11 is 0. The van der Waals surface area contributed by atoms with E-state index in [9.17, 15) is 14.0 Å². The van der Waals surface area contributed by atoms with E-state index in [0.717, 1.165) is 23.2 Å². The van der Waals surface area contributed by atoms with Crippen LogP contribution in [0, 0.1) is 11.7 Å². The van der Waals surface area contributed by atoms with E-state index in [0.29, 0.717) is 25.2 Å². The highest BCUT2D eigenvalue weighted by molar-refractivity contribution is 5.79. The van der Waals surface area contributed by atoms with E-state index in [-0.39, 0.29) is 35.5 Å². The molecule has 5 nitrogen and oxygen atoms in total. The number of rotatable bonds is 3. The molecule has 5 rings (SSSR count). The Hall–Kier alpha value is -3.28. The maximum Gasteiger partial charge on any atom is 0.251 e. The highest BCUT2D eigenvalue weighted by Gasteiger charge is 2.36. The zero-order valence-electron chi connectivity index (χ0n) is 16.5. The number of aromatic nitrogens is 2. The van der Waals surface area contributed by atoms with Gasteiger partial charge in [0.2, 0.25) is 5.91 Å². The number of hydrogen-bond donors (Lipinski definition) is 0. The van der Waals surface area contributed by atoms with Gasteiger partial charge in [-0.25, -0.2) is 4.39 Å². The molecule has 6 heteroatoms. The number of piperidine rings is 1. The van der Waals surface area contributed by atoms with Gasteiger partial charge in [-0.1, -0.05) is 24.3 Å². The van der Waals surface area contributed by atoms with E-state index in [1.807, 2.05) is 21.6 Å². The summed E-state index contributed by atoms with van der Waals surface area (Å²) in [5.74, 6) is -0.0655. The summed E-state index contributed by atoms with van der Waals surface area (Å²) in [7, 11) is 0. The third-order valence-electron chi connectivity index (χ3n) is 6.20. The van der Waals surface area contributed by atoms with Crippen LogP contribution in [0.15, 0.2) is 65.7 Å².